The van der Waals surface area contributed by atoms with Gasteiger partial charge in [0, 0.05) is 32.6 Å². The molecule has 1 fully saturated rings. The van der Waals surface area contributed by atoms with E-state index in [-0.39, 0.29) is 48.5 Å². The summed E-state index contributed by atoms with van der Waals surface area (Å²) in [5.74, 6) is -2.28. The molecule has 8 heteroatoms. The fourth-order valence-electron chi connectivity index (χ4n) is 2.90. The maximum Gasteiger partial charge on any atom is 0.224 e. The number of carbonyl (C=O) groups excluding carboxylic acids is 2. The van der Waals surface area contributed by atoms with Crippen molar-refractivity contribution >= 4 is 24.2 Å². The zero-order valence-corrected chi connectivity index (χ0v) is 14.8. The molecular formula is C17H24ClF2N3O2. The number of hydrogen-bond donors (Lipinski definition) is 2. The van der Waals surface area contributed by atoms with Crippen LogP contribution in [0.4, 0.5) is 8.78 Å². The van der Waals surface area contributed by atoms with Gasteiger partial charge in [-0.3, -0.25) is 9.59 Å². The molecule has 1 saturated heterocycles. The van der Waals surface area contributed by atoms with Crippen LogP contribution in [0.25, 0.3) is 0 Å². The van der Waals surface area contributed by atoms with Gasteiger partial charge in [-0.2, -0.15) is 0 Å². The molecule has 1 unspecified atom stereocenters. The highest BCUT2D eigenvalue weighted by atomic mass is 35.5. The summed E-state index contributed by atoms with van der Waals surface area (Å²) < 4.78 is 26.8. The van der Waals surface area contributed by atoms with Crippen LogP contribution in [-0.4, -0.2) is 42.9 Å². The number of carbonyl (C=O) groups is 2. The highest BCUT2D eigenvalue weighted by molar-refractivity contribution is 5.85. The van der Waals surface area contributed by atoms with Gasteiger partial charge < -0.3 is 16.0 Å². The lowest BCUT2D eigenvalue weighted by atomic mass is 9.96. The quantitative estimate of drug-likeness (QED) is 0.793. The van der Waals surface area contributed by atoms with Crippen LogP contribution in [0.1, 0.15) is 24.8 Å². The van der Waals surface area contributed by atoms with Crippen LogP contribution in [0, 0.1) is 17.6 Å². The number of aryl methyl sites for hydroxylation is 1. The van der Waals surface area contributed by atoms with Crippen molar-refractivity contribution < 1.29 is 18.4 Å². The summed E-state index contributed by atoms with van der Waals surface area (Å²) in [5, 5.41) is 2.74. The molecule has 1 aliphatic rings. The fourth-order valence-corrected chi connectivity index (χ4v) is 2.90. The monoisotopic (exact) mass is 375 g/mol. The number of nitrogens with zero attached hydrogens (tertiary/aromatic N) is 1. The lowest BCUT2D eigenvalue weighted by Crippen LogP contribution is -2.46. The average molecular weight is 376 g/mol. The Hall–Kier alpha value is -1.73. The smallest absolute Gasteiger partial charge is 0.224 e. The third-order valence-electron chi connectivity index (χ3n) is 4.23. The summed E-state index contributed by atoms with van der Waals surface area (Å²) in [5.41, 5.74) is 5.56. The van der Waals surface area contributed by atoms with E-state index in [2.05, 4.69) is 5.32 Å². The minimum Gasteiger partial charge on any atom is -0.355 e. The van der Waals surface area contributed by atoms with Crippen molar-refractivity contribution in [3.63, 3.8) is 0 Å². The first-order valence-electron chi connectivity index (χ1n) is 8.21. The second-order valence-electron chi connectivity index (χ2n) is 5.97. The lowest BCUT2D eigenvalue weighted by molar-refractivity contribution is -0.135. The first kappa shape index (κ1) is 21.3. The standard InChI is InChI=1S/C17H23F2N3O2.ClH/c18-14-5-1-3-12(16(14)19)6-7-15(23)22-10-2-4-13(11-22)17(24)21-9-8-20;/h1,3,5,13H,2,4,6-11,20H2,(H,21,24);1H. The summed E-state index contributed by atoms with van der Waals surface area (Å²) in [4.78, 5) is 25.9. The van der Waals surface area contributed by atoms with Crippen molar-refractivity contribution in [1.82, 2.24) is 10.2 Å². The van der Waals surface area contributed by atoms with Crippen LogP contribution in [0.15, 0.2) is 18.2 Å². The molecule has 1 atom stereocenters. The molecule has 0 aromatic heterocycles. The third-order valence-corrected chi connectivity index (χ3v) is 4.23. The zero-order chi connectivity index (χ0) is 17.5. The molecule has 1 heterocycles. The Morgan fingerprint density at radius 3 is 2.80 bits per heavy atom. The summed E-state index contributed by atoms with van der Waals surface area (Å²) in [6.07, 6.45) is 1.72. The zero-order valence-electron chi connectivity index (χ0n) is 14.0. The van der Waals surface area contributed by atoms with E-state index in [9.17, 15) is 18.4 Å². The van der Waals surface area contributed by atoms with Crippen molar-refractivity contribution in [3.8, 4) is 0 Å². The van der Waals surface area contributed by atoms with Crippen LogP contribution < -0.4 is 11.1 Å². The number of piperidine rings is 1. The molecule has 0 aliphatic carbocycles. The molecule has 2 amide bonds. The first-order chi connectivity index (χ1) is 11.5. The van der Waals surface area contributed by atoms with Gasteiger partial charge in [-0.05, 0) is 30.9 Å². The van der Waals surface area contributed by atoms with Crippen LogP contribution in [0.2, 0.25) is 0 Å². The van der Waals surface area contributed by atoms with Crippen molar-refractivity contribution in [2.24, 2.45) is 11.7 Å². The molecule has 25 heavy (non-hydrogen) atoms. The van der Waals surface area contributed by atoms with Gasteiger partial charge in [0.1, 0.15) is 0 Å². The molecule has 0 spiro atoms. The van der Waals surface area contributed by atoms with Crippen LogP contribution in [0.3, 0.4) is 0 Å². The van der Waals surface area contributed by atoms with E-state index in [1.165, 1.54) is 12.1 Å². The summed E-state index contributed by atoms with van der Waals surface area (Å²) in [6.45, 7) is 1.74. The molecule has 1 aromatic carbocycles. The van der Waals surface area contributed by atoms with E-state index >= 15 is 0 Å². The maximum atomic E-state index is 13.6. The topological polar surface area (TPSA) is 75.4 Å². The first-order valence-corrected chi connectivity index (χ1v) is 8.21. The van der Waals surface area contributed by atoms with Gasteiger partial charge in [-0.15, -0.1) is 12.4 Å². The molecule has 140 valence electrons. The van der Waals surface area contributed by atoms with Crippen molar-refractivity contribution in [2.75, 3.05) is 26.2 Å². The molecule has 1 aromatic rings. The van der Waals surface area contributed by atoms with Gasteiger partial charge in [0.2, 0.25) is 11.8 Å². The third kappa shape index (κ3) is 5.93. The Balaban J connectivity index is 0.00000312. The summed E-state index contributed by atoms with van der Waals surface area (Å²) in [7, 11) is 0. The van der Waals surface area contributed by atoms with Gasteiger partial charge in [0.15, 0.2) is 11.6 Å². The summed E-state index contributed by atoms with van der Waals surface area (Å²) >= 11 is 0. The predicted octanol–water partition coefficient (Wildman–Crippen LogP) is 1.63. The van der Waals surface area contributed by atoms with Crippen molar-refractivity contribution in [1.29, 1.82) is 0 Å². The Labute approximate surface area is 152 Å². The number of nitrogens with one attached hydrogen (secondary N) is 1. The molecule has 0 radical (unpaired) electrons. The van der Waals surface area contributed by atoms with Crippen LogP contribution in [-0.2, 0) is 16.0 Å². The summed E-state index contributed by atoms with van der Waals surface area (Å²) in [6, 6.07) is 3.96. The lowest BCUT2D eigenvalue weighted by Gasteiger charge is -2.32. The number of likely N-dealkylation sites (tertiary alicyclic amines) is 1. The van der Waals surface area contributed by atoms with E-state index in [1.54, 1.807) is 4.90 Å². The Morgan fingerprint density at radius 1 is 1.32 bits per heavy atom. The Morgan fingerprint density at radius 2 is 2.08 bits per heavy atom. The van der Waals surface area contributed by atoms with E-state index in [1.807, 2.05) is 0 Å². The largest absolute Gasteiger partial charge is 0.355 e. The fraction of sp³-hybridized carbons (Fsp3) is 0.529. The van der Waals surface area contributed by atoms with Crippen molar-refractivity contribution in [2.45, 2.75) is 25.7 Å². The highest BCUT2D eigenvalue weighted by Gasteiger charge is 2.28. The minimum absolute atomic E-state index is 0. The molecule has 0 bridgehead atoms. The molecule has 0 saturated carbocycles. The van der Waals surface area contributed by atoms with Gasteiger partial charge in [-0.25, -0.2) is 8.78 Å². The molecule has 3 N–H and O–H groups in total. The number of amides is 2. The van der Waals surface area contributed by atoms with E-state index in [0.717, 1.165) is 18.9 Å². The molecular weight excluding hydrogens is 352 g/mol. The molecule has 1 aliphatic heterocycles. The van der Waals surface area contributed by atoms with E-state index in [4.69, 9.17) is 5.73 Å². The second-order valence-corrected chi connectivity index (χ2v) is 5.97. The van der Waals surface area contributed by atoms with Crippen LogP contribution in [0.5, 0.6) is 0 Å². The Bertz CT molecular complexity index is 601. The number of benzene rings is 1. The minimum atomic E-state index is -0.908. The van der Waals surface area contributed by atoms with E-state index < -0.39 is 11.6 Å². The number of halogens is 3. The molecule has 5 nitrogen and oxygen atoms in total. The Kier molecular flexibility index (Phi) is 8.78. The van der Waals surface area contributed by atoms with Gasteiger partial charge in [0.25, 0.3) is 0 Å². The maximum absolute atomic E-state index is 13.6. The predicted molar refractivity (Wildman–Crippen MR) is 93.3 cm³/mol. The van der Waals surface area contributed by atoms with Crippen LogP contribution >= 0.6 is 12.4 Å². The SMILES string of the molecule is Cl.NCCNC(=O)C1CCCN(C(=O)CCc2cccc(F)c2F)C1. The average Bonchev–Trinajstić information content (AvgIpc) is 2.60. The normalized spacial score (nSPS) is 16.9. The van der Waals surface area contributed by atoms with Gasteiger partial charge >= 0.3 is 0 Å². The second kappa shape index (κ2) is 10.3. The van der Waals surface area contributed by atoms with Gasteiger partial charge in [-0.1, -0.05) is 12.1 Å². The van der Waals surface area contributed by atoms with Gasteiger partial charge in [0.05, 0.1) is 5.92 Å². The van der Waals surface area contributed by atoms with Crippen molar-refractivity contribution in [3.05, 3.63) is 35.4 Å². The highest BCUT2D eigenvalue weighted by Crippen LogP contribution is 2.19. The van der Waals surface area contributed by atoms with E-state index in [0.29, 0.717) is 26.2 Å². The number of rotatable bonds is 6. The number of nitrogens with two attached hydrogens (primary N) is 1. The number of hydrogen-bond acceptors (Lipinski definition) is 3. The molecule has 2 rings (SSSR count).